The van der Waals surface area contributed by atoms with Gasteiger partial charge < -0.3 is 24.0 Å². The summed E-state index contributed by atoms with van der Waals surface area (Å²) in [5.41, 5.74) is -1.96. The molecule has 10 nitrogen and oxygen atoms in total. The van der Waals surface area contributed by atoms with Crippen molar-refractivity contribution >= 4 is 14.1 Å². The molecule has 23 heavy (non-hydrogen) atoms. The number of aryl methyl sites for hydroxylation is 1. The molecule has 1 aliphatic heterocycles. The Morgan fingerprint density at radius 1 is 1.52 bits per heavy atom. The Hall–Kier alpha value is -1.58. The van der Waals surface area contributed by atoms with Crippen molar-refractivity contribution in [2.75, 3.05) is 7.11 Å². The van der Waals surface area contributed by atoms with E-state index in [0.29, 0.717) is 12.0 Å². The van der Waals surface area contributed by atoms with E-state index in [1.165, 1.54) is 17.9 Å². The van der Waals surface area contributed by atoms with Gasteiger partial charge in [-0.15, -0.1) is 0 Å². The van der Waals surface area contributed by atoms with E-state index in [1.54, 1.807) is 6.92 Å². The maximum atomic E-state index is 11.9. The molecule has 11 heteroatoms. The third kappa shape index (κ3) is 3.85. The van der Waals surface area contributed by atoms with Crippen LogP contribution in [0.15, 0.2) is 15.8 Å². The van der Waals surface area contributed by atoms with Gasteiger partial charge in [0.2, 0.25) is 6.29 Å². The van der Waals surface area contributed by atoms with Gasteiger partial charge in [-0.1, -0.05) is 6.92 Å². The minimum absolute atomic E-state index is 0.179. The first-order valence-corrected chi connectivity index (χ1v) is 8.03. The van der Waals surface area contributed by atoms with Crippen LogP contribution < -0.4 is 11.2 Å². The largest absolute Gasteiger partial charge is 0.426 e. The summed E-state index contributed by atoms with van der Waals surface area (Å²) in [6, 6.07) is 0. The zero-order chi connectivity index (χ0) is 17.1. The first-order valence-electron chi connectivity index (χ1n) is 6.78. The van der Waals surface area contributed by atoms with Crippen molar-refractivity contribution in [3.05, 3.63) is 32.6 Å². The van der Waals surface area contributed by atoms with Crippen molar-refractivity contribution in [1.29, 1.82) is 0 Å². The molecule has 2 rings (SSSR count). The van der Waals surface area contributed by atoms with Crippen LogP contribution in [0.4, 0.5) is 4.79 Å². The lowest BCUT2D eigenvalue weighted by Gasteiger charge is -2.18. The summed E-state index contributed by atoms with van der Waals surface area (Å²) in [5.74, 6) is 0. The third-order valence-corrected chi connectivity index (χ3v) is 3.88. The molecule has 0 bridgehead atoms. The summed E-state index contributed by atoms with van der Waals surface area (Å²) in [4.78, 5) is 54.6. The Morgan fingerprint density at radius 3 is 2.78 bits per heavy atom. The molecule has 1 aromatic rings. The highest BCUT2D eigenvalue weighted by Crippen LogP contribution is 2.34. The summed E-state index contributed by atoms with van der Waals surface area (Å²) in [6.07, 6.45) is -0.718. The van der Waals surface area contributed by atoms with E-state index < -0.39 is 44.0 Å². The number of nitrogens with one attached hydrogen (secondary N) is 1. The SMILES string of the molecule is CCc1cn([C@H]2C[C@H](OC)[C@@H](OC(=O)P(O)O)O2)c(=O)[nH]c1=O. The number of rotatable bonds is 5. The number of hydrogen-bond acceptors (Lipinski definition) is 8. The number of aromatic nitrogens is 2. The molecule has 0 radical (unpaired) electrons. The summed E-state index contributed by atoms with van der Waals surface area (Å²) in [7, 11) is -1.54. The Labute approximate surface area is 131 Å². The number of methoxy groups -OCH3 is 1. The zero-order valence-electron chi connectivity index (χ0n) is 12.5. The van der Waals surface area contributed by atoms with Gasteiger partial charge in [0.15, 0.2) is 0 Å². The smallest absolute Gasteiger partial charge is 0.386 e. The van der Waals surface area contributed by atoms with E-state index in [4.69, 9.17) is 24.0 Å². The molecule has 1 aliphatic rings. The fourth-order valence-corrected chi connectivity index (χ4v) is 2.44. The van der Waals surface area contributed by atoms with Crippen molar-refractivity contribution < 1.29 is 28.8 Å². The topological polar surface area (TPSA) is 140 Å². The monoisotopic (exact) mass is 348 g/mol. The number of ether oxygens (including phenoxy) is 3. The Kier molecular flexibility index (Phi) is 5.66. The third-order valence-electron chi connectivity index (χ3n) is 3.44. The minimum Gasteiger partial charge on any atom is -0.426 e. The number of nitrogens with zero attached hydrogens (tertiary/aromatic N) is 1. The van der Waals surface area contributed by atoms with Crippen LogP contribution in [-0.2, 0) is 20.6 Å². The normalized spacial score (nSPS) is 24.1. The lowest BCUT2D eigenvalue weighted by Crippen LogP contribution is -2.34. The van der Waals surface area contributed by atoms with Gasteiger partial charge in [-0.05, 0) is 6.42 Å². The van der Waals surface area contributed by atoms with E-state index >= 15 is 0 Å². The quantitative estimate of drug-likeness (QED) is 0.621. The van der Waals surface area contributed by atoms with Crippen LogP contribution in [0.3, 0.4) is 0 Å². The highest BCUT2D eigenvalue weighted by atomic mass is 31.2. The molecule has 0 saturated carbocycles. The highest BCUT2D eigenvalue weighted by molar-refractivity contribution is 7.63. The van der Waals surface area contributed by atoms with Gasteiger partial charge in [-0.2, -0.15) is 0 Å². The van der Waals surface area contributed by atoms with Crippen LogP contribution in [-0.4, -0.2) is 44.6 Å². The lowest BCUT2D eigenvalue weighted by molar-refractivity contribution is -0.145. The van der Waals surface area contributed by atoms with Gasteiger partial charge in [0.1, 0.15) is 12.3 Å². The molecular formula is C12H17N2O8P. The van der Waals surface area contributed by atoms with Crippen LogP contribution in [0.2, 0.25) is 0 Å². The fourth-order valence-electron chi connectivity index (χ4n) is 2.24. The second-order valence-electron chi connectivity index (χ2n) is 4.82. The van der Waals surface area contributed by atoms with E-state index in [9.17, 15) is 14.4 Å². The number of aromatic amines is 1. The highest BCUT2D eigenvalue weighted by Gasteiger charge is 2.40. The summed E-state index contributed by atoms with van der Waals surface area (Å²) in [5, 5.41) is 0. The Morgan fingerprint density at radius 2 is 2.22 bits per heavy atom. The maximum absolute atomic E-state index is 11.9. The molecule has 0 aliphatic carbocycles. The minimum atomic E-state index is -2.90. The van der Waals surface area contributed by atoms with Gasteiger partial charge in [0.25, 0.3) is 13.9 Å². The van der Waals surface area contributed by atoms with Gasteiger partial charge in [-0.25, -0.2) is 9.59 Å². The first-order chi connectivity index (χ1) is 10.9. The van der Waals surface area contributed by atoms with Crippen LogP contribution in [0.5, 0.6) is 0 Å². The molecule has 0 aromatic carbocycles. The average molecular weight is 348 g/mol. The van der Waals surface area contributed by atoms with E-state index in [1.807, 2.05) is 0 Å². The van der Waals surface area contributed by atoms with Gasteiger partial charge in [0, 0.05) is 25.3 Å². The zero-order valence-corrected chi connectivity index (χ0v) is 13.4. The van der Waals surface area contributed by atoms with Crippen LogP contribution in [0, 0.1) is 0 Å². The van der Waals surface area contributed by atoms with Crippen molar-refractivity contribution in [2.24, 2.45) is 0 Å². The molecule has 0 spiro atoms. The summed E-state index contributed by atoms with van der Waals surface area (Å²) in [6.45, 7) is 1.77. The predicted octanol–water partition coefficient (Wildman–Crippen LogP) is -0.208. The second-order valence-corrected chi connectivity index (χ2v) is 5.76. The van der Waals surface area contributed by atoms with Crippen molar-refractivity contribution in [3.63, 3.8) is 0 Å². The number of carbonyl (C=O) groups is 1. The second kappa shape index (κ2) is 7.33. The lowest BCUT2D eigenvalue weighted by atomic mass is 10.2. The van der Waals surface area contributed by atoms with Crippen LogP contribution in [0.1, 0.15) is 25.1 Å². The summed E-state index contributed by atoms with van der Waals surface area (Å²) < 4.78 is 16.6. The van der Waals surface area contributed by atoms with E-state index in [2.05, 4.69) is 4.98 Å². The maximum Gasteiger partial charge on any atom is 0.386 e. The first kappa shape index (κ1) is 17.8. The molecule has 3 atom stereocenters. The number of H-pyrrole nitrogens is 1. The van der Waals surface area contributed by atoms with Crippen molar-refractivity contribution in [2.45, 2.75) is 38.4 Å². The molecule has 0 unspecified atom stereocenters. The van der Waals surface area contributed by atoms with Crippen molar-refractivity contribution in [1.82, 2.24) is 9.55 Å². The molecular weight excluding hydrogens is 331 g/mol. The van der Waals surface area contributed by atoms with Crippen molar-refractivity contribution in [3.8, 4) is 0 Å². The molecule has 1 saturated heterocycles. The number of hydrogen-bond donors (Lipinski definition) is 3. The van der Waals surface area contributed by atoms with E-state index in [-0.39, 0.29) is 6.42 Å². The fraction of sp³-hybridized carbons (Fsp3) is 0.583. The molecule has 3 N–H and O–H groups in total. The standard InChI is InChI=1S/C12H17N2O8P/c1-3-6-5-14(11(16)13-9(6)15)8-4-7(20-2)10(21-8)22-12(17)23(18)19/h5,7-8,10,18-19H,3-4H2,1-2H3,(H,13,15,16)/t7-,8+,10+/m0/s1. The van der Waals surface area contributed by atoms with Gasteiger partial charge in [-0.3, -0.25) is 14.3 Å². The predicted molar refractivity (Wildman–Crippen MR) is 77.9 cm³/mol. The van der Waals surface area contributed by atoms with E-state index in [0.717, 1.165) is 0 Å². The molecule has 1 aromatic heterocycles. The van der Waals surface area contributed by atoms with Crippen LogP contribution in [0.25, 0.3) is 0 Å². The number of carbonyl (C=O) groups excluding carboxylic acids is 1. The van der Waals surface area contributed by atoms with Gasteiger partial charge in [0.05, 0.1) is 0 Å². The Bertz CT molecular complexity index is 684. The molecule has 2 heterocycles. The van der Waals surface area contributed by atoms with Gasteiger partial charge >= 0.3 is 11.4 Å². The summed E-state index contributed by atoms with van der Waals surface area (Å²) >= 11 is 0. The van der Waals surface area contributed by atoms with Crippen LogP contribution >= 0.6 is 8.38 Å². The molecule has 0 amide bonds. The Balaban J connectivity index is 2.24. The molecule has 1 fully saturated rings. The average Bonchev–Trinajstić information content (AvgIpc) is 2.90. The molecule has 128 valence electrons.